The lowest BCUT2D eigenvalue weighted by atomic mass is 10.1. The van der Waals surface area contributed by atoms with E-state index in [1.807, 2.05) is 6.92 Å². The third-order valence-electron chi connectivity index (χ3n) is 5.21. The van der Waals surface area contributed by atoms with Crippen molar-refractivity contribution in [3.8, 4) is 11.5 Å². The van der Waals surface area contributed by atoms with Gasteiger partial charge in [0, 0.05) is 28.8 Å². The van der Waals surface area contributed by atoms with E-state index in [9.17, 15) is 8.42 Å². The Morgan fingerprint density at radius 2 is 1.85 bits per heavy atom. The van der Waals surface area contributed by atoms with Gasteiger partial charge in [0.2, 0.25) is 0 Å². The maximum atomic E-state index is 15.3. The highest BCUT2D eigenvalue weighted by atomic mass is 127. The van der Waals surface area contributed by atoms with Crippen LogP contribution in [0.1, 0.15) is 16.7 Å². The standard InChI is InChI=1S/C25H21FN2O3S2.HI/c1-4-20-21-12-13-28(33(29,30)19-10-8-16(2)9-11-19)23(21)15-22(26)24(20)31-18-7-5-6-17(14-18)25(27)32-3;/h4-15,27H,1H2,2-3H3;1H. The quantitative estimate of drug-likeness (QED) is 0.145. The molecule has 9 heteroatoms. The van der Waals surface area contributed by atoms with E-state index in [2.05, 4.69) is 6.58 Å². The fraction of sp³-hybridized carbons (Fsp3) is 0.0800. The van der Waals surface area contributed by atoms with Crippen LogP contribution in [0.4, 0.5) is 4.39 Å². The molecule has 1 N–H and O–H groups in total. The number of ether oxygens (including phenoxy) is 1. The van der Waals surface area contributed by atoms with Crippen LogP contribution >= 0.6 is 35.7 Å². The molecule has 0 unspecified atom stereocenters. The number of rotatable bonds is 6. The van der Waals surface area contributed by atoms with Crippen molar-refractivity contribution >= 4 is 67.8 Å². The highest BCUT2D eigenvalue weighted by Gasteiger charge is 2.23. The van der Waals surface area contributed by atoms with Crippen LogP contribution in [-0.4, -0.2) is 23.7 Å². The number of hydrogen-bond acceptors (Lipinski definition) is 5. The van der Waals surface area contributed by atoms with Crippen molar-refractivity contribution in [2.75, 3.05) is 6.26 Å². The lowest BCUT2D eigenvalue weighted by Gasteiger charge is -2.14. The SMILES string of the molecule is C=Cc1c(Oc2cccc(C(=N)SC)c2)c(F)cc2c1ccn2S(=O)(=O)c1ccc(C)cc1.I. The van der Waals surface area contributed by atoms with E-state index in [1.54, 1.807) is 48.7 Å². The molecule has 0 amide bonds. The Labute approximate surface area is 219 Å². The van der Waals surface area contributed by atoms with Gasteiger partial charge in [0.05, 0.1) is 15.5 Å². The first-order chi connectivity index (χ1) is 15.8. The molecule has 0 aliphatic rings. The second-order valence-corrected chi connectivity index (χ2v) is 9.96. The maximum absolute atomic E-state index is 15.3. The average molecular weight is 608 g/mol. The monoisotopic (exact) mass is 608 g/mol. The Hall–Kier alpha value is -2.63. The molecule has 176 valence electrons. The van der Waals surface area contributed by atoms with Crippen molar-refractivity contribution in [2.45, 2.75) is 11.8 Å². The molecule has 0 atom stereocenters. The molecule has 3 aromatic carbocycles. The van der Waals surface area contributed by atoms with E-state index < -0.39 is 15.8 Å². The molecule has 1 heterocycles. The van der Waals surface area contributed by atoms with Crippen molar-refractivity contribution in [3.63, 3.8) is 0 Å². The minimum Gasteiger partial charge on any atom is -0.454 e. The molecule has 0 aliphatic heterocycles. The van der Waals surface area contributed by atoms with Gasteiger partial charge in [0.25, 0.3) is 10.0 Å². The van der Waals surface area contributed by atoms with Gasteiger partial charge in [0.15, 0.2) is 11.6 Å². The van der Waals surface area contributed by atoms with Crippen molar-refractivity contribution in [1.82, 2.24) is 3.97 Å². The molecule has 5 nitrogen and oxygen atoms in total. The molecule has 0 radical (unpaired) electrons. The van der Waals surface area contributed by atoms with Gasteiger partial charge < -0.3 is 4.74 Å². The van der Waals surface area contributed by atoms with Crippen molar-refractivity contribution in [2.24, 2.45) is 0 Å². The van der Waals surface area contributed by atoms with E-state index in [0.29, 0.717) is 27.3 Å². The lowest BCUT2D eigenvalue weighted by molar-refractivity contribution is 0.442. The third-order valence-corrected chi connectivity index (χ3v) is 7.56. The Balaban J connectivity index is 0.00000324. The molecule has 0 aliphatic carbocycles. The molecule has 34 heavy (non-hydrogen) atoms. The van der Waals surface area contributed by atoms with Gasteiger partial charge in [-0.1, -0.05) is 42.5 Å². The van der Waals surface area contributed by atoms with Gasteiger partial charge in [-0.05, 0) is 43.5 Å². The van der Waals surface area contributed by atoms with Gasteiger partial charge >= 0.3 is 0 Å². The summed E-state index contributed by atoms with van der Waals surface area (Å²) in [7, 11) is -3.92. The van der Waals surface area contributed by atoms with E-state index in [1.165, 1.54) is 36.2 Å². The Kier molecular flexibility index (Phi) is 7.89. The molecular weight excluding hydrogens is 586 g/mol. The number of nitrogens with zero attached hydrogens (tertiary/aromatic N) is 1. The van der Waals surface area contributed by atoms with E-state index in [-0.39, 0.29) is 40.1 Å². The predicted molar refractivity (Wildman–Crippen MR) is 148 cm³/mol. The number of halogens is 2. The van der Waals surface area contributed by atoms with Crippen LogP contribution in [-0.2, 0) is 10.0 Å². The van der Waals surface area contributed by atoms with Crippen molar-refractivity contribution in [1.29, 1.82) is 5.41 Å². The molecule has 0 saturated carbocycles. The number of fused-ring (bicyclic) bond motifs is 1. The molecule has 4 aromatic rings. The summed E-state index contributed by atoms with van der Waals surface area (Å²) >= 11 is 1.29. The van der Waals surface area contributed by atoms with Crippen LogP contribution in [0.5, 0.6) is 11.5 Å². The molecular formula is C25H22FIN2O3S2. The summed E-state index contributed by atoms with van der Waals surface area (Å²) in [6, 6.07) is 16.1. The highest BCUT2D eigenvalue weighted by molar-refractivity contribution is 14.0. The molecule has 0 bridgehead atoms. The van der Waals surface area contributed by atoms with Gasteiger partial charge in [-0.25, -0.2) is 16.8 Å². The number of benzene rings is 3. The smallest absolute Gasteiger partial charge is 0.268 e. The zero-order chi connectivity index (χ0) is 23.8. The van der Waals surface area contributed by atoms with Gasteiger partial charge in [-0.15, -0.1) is 35.7 Å². The summed E-state index contributed by atoms with van der Waals surface area (Å²) in [4.78, 5) is 0.111. The number of aromatic nitrogens is 1. The van der Waals surface area contributed by atoms with Crippen LogP contribution in [0.15, 0.2) is 78.3 Å². The van der Waals surface area contributed by atoms with Gasteiger partial charge in [-0.2, -0.15) is 0 Å². The van der Waals surface area contributed by atoms with Crippen LogP contribution in [0.2, 0.25) is 0 Å². The Bertz CT molecular complexity index is 1500. The van der Waals surface area contributed by atoms with Crippen LogP contribution < -0.4 is 4.74 Å². The van der Waals surface area contributed by atoms with Crippen LogP contribution in [0.25, 0.3) is 17.0 Å². The highest BCUT2D eigenvalue weighted by Crippen LogP contribution is 2.37. The molecule has 1 aromatic heterocycles. The lowest BCUT2D eigenvalue weighted by Crippen LogP contribution is -2.12. The molecule has 0 saturated heterocycles. The third kappa shape index (κ3) is 4.77. The number of hydrogen-bond donors (Lipinski definition) is 1. The Morgan fingerprint density at radius 3 is 2.50 bits per heavy atom. The topological polar surface area (TPSA) is 72.2 Å². The van der Waals surface area contributed by atoms with E-state index in [0.717, 1.165) is 15.6 Å². The Morgan fingerprint density at radius 1 is 1.15 bits per heavy atom. The summed E-state index contributed by atoms with van der Waals surface area (Å²) in [5.74, 6) is -0.419. The van der Waals surface area contributed by atoms with Crippen molar-refractivity contribution in [3.05, 3.63) is 95.9 Å². The van der Waals surface area contributed by atoms with Gasteiger partial charge in [0.1, 0.15) is 5.75 Å². The average Bonchev–Trinajstić information content (AvgIpc) is 3.23. The number of thioether (sulfide) groups is 1. The minimum absolute atomic E-state index is 0. The fourth-order valence-corrected chi connectivity index (χ4v) is 5.21. The van der Waals surface area contributed by atoms with Crippen LogP contribution in [0.3, 0.4) is 0 Å². The number of aryl methyl sites for hydroxylation is 1. The summed E-state index contributed by atoms with van der Waals surface area (Å²) < 4.78 is 48.6. The summed E-state index contributed by atoms with van der Waals surface area (Å²) in [5, 5.41) is 8.84. The van der Waals surface area contributed by atoms with Gasteiger partial charge in [-0.3, -0.25) is 5.41 Å². The first-order valence-corrected chi connectivity index (χ1v) is 12.6. The molecule has 0 fully saturated rings. The predicted octanol–water partition coefficient (Wildman–Crippen LogP) is 7.07. The summed E-state index contributed by atoms with van der Waals surface area (Å²) in [5.41, 5.74) is 2.11. The van der Waals surface area contributed by atoms with Crippen molar-refractivity contribution < 1.29 is 17.5 Å². The largest absolute Gasteiger partial charge is 0.454 e. The fourth-order valence-electron chi connectivity index (χ4n) is 3.51. The zero-order valence-corrected chi connectivity index (χ0v) is 22.4. The van der Waals surface area contributed by atoms with E-state index >= 15 is 4.39 Å². The maximum Gasteiger partial charge on any atom is 0.268 e. The van der Waals surface area contributed by atoms with E-state index in [4.69, 9.17) is 10.1 Å². The number of nitrogens with one attached hydrogen (secondary N) is 1. The summed E-state index contributed by atoms with van der Waals surface area (Å²) in [6.45, 7) is 5.65. The molecule has 4 rings (SSSR count). The minimum atomic E-state index is -3.92. The first kappa shape index (κ1) is 26.0. The molecule has 0 spiro atoms. The second kappa shape index (κ2) is 10.3. The first-order valence-electron chi connectivity index (χ1n) is 9.95. The van der Waals surface area contributed by atoms with Crippen LogP contribution in [0, 0.1) is 18.2 Å². The normalized spacial score (nSPS) is 11.1. The summed E-state index contributed by atoms with van der Waals surface area (Å²) in [6.07, 6.45) is 4.64. The second-order valence-electron chi connectivity index (χ2n) is 7.33. The zero-order valence-electron chi connectivity index (χ0n) is 18.4.